The first-order valence-electron chi connectivity index (χ1n) is 7.72. The van der Waals surface area contributed by atoms with E-state index >= 15 is 0 Å². The number of anilines is 1. The zero-order chi connectivity index (χ0) is 18.4. The summed E-state index contributed by atoms with van der Waals surface area (Å²) >= 11 is 0. The topological polar surface area (TPSA) is 50.7 Å². The van der Waals surface area contributed by atoms with E-state index < -0.39 is 11.8 Å². The fraction of sp³-hybridized carbons (Fsp3) is 0. The Kier molecular flexibility index (Phi) is 5.34. The molecule has 1 N–H and O–H groups in total. The second kappa shape index (κ2) is 8.02. The van der Waals surface area contributed by atoms with Crippen LogP contribution < -0.4 is 10.2 Å². The molecule has 0 saturated carbocycles. The normalized spacial score (nSPS) is 10.7. The molecule has 0 heterocycles. The van der Waals surface area contributed by atoms with Gasteiger partial charge in [-0.25, -0.2) is 13.6 Å². The lowest BCUT2D eigenvalue weighted by Gasteiger charge is -2.04. The largest absolute Gasteiger partial charge is 0.423 e. The number of esters is 1. The maximum atomic E-state index is 12.9. The summed E-state index contributed by atoms with van der Waals surface area (Å²) in [7, 11) is 0. The lowest BCUT2D eigenvalue weighted by Crippen LogP contribution is -2.08. The van der Waals surface area contributed by atoms with Crippen molar-refractivity contribution in [2.24, 2.45) is 5.10 Å². The molecule has 0 aliphatic rings. The molecule has 0 aromatic heterocycles. The summed E-state index contributed by atoms with van der Waals surface area (Å²) in [5.41, 5.74) is 4.48. The predicted molar refractivity (Wildman–Crippen MR) is 95.4 cm³/mol. The number of nitrogens with zero attached hydrogens (tertiary/aromatic N) is 1. The number of nitrogens with one attached hydrogen (secondary N) is 1. The maximum Gasteiger partial charge on any atom is 0.343 e. The van der Waals surface area contributed by atoms with Gasteiger partial charge in [-0.2, -0.15) is 5.10 Å². The molecule has 0 fully saturated rings. The van der Waals surface area contributed by atoms with E-state index in [1.807, 2.05) is 0 Å². The summed E-state index contributed by atoms with van der Waals surface area (Å²) in [6.07, 6.45) is 1.58. The van der Waals surface area contributed by atoms with Crippen LogP contribution in [0.15, 0.2) is 77.9 Å². The van der Waals surface area contributed by atoms with Gasteiger partial charge in [-0.3, -0.25) is 5.43 Å². The average Bonchev–Trinajstić information content (AvgIpc) is 2.65. The third kappa shape index (κ3) is 4.73. The van der Waals surface area contributed by atoms with Gasteiger partial charge in [-0.15, -0.1) is 0 Å². The van der Waals surface area contributed by atoms with Gasteiger partial charge in [0.2, 0.25) is 0 Å². The quantitative estimate of drug-likeness (QED) is 0.315. The maximum absolute atomic E-state index is 12.9. The smallest absolute Gasteiger partial charge is 0.343 e. The molecule has 4 nitrogen and oxygen atoms in total. The Labute approximate surface area is 148 Å². The fourth-order valence-corrected chi connectivity index (χ4v) is 2.08. The van der Waals surface area contributed by atoms with Crippen molar-refractivity contribution in [3.05, 3.63) is 95.6 Å². The van der Waals surface area contributed by atoms with Gasteiger partial charge in [0.25, 0.3) is 0 Å². The predicted octanol–water partition coefficient (Wildman–Crippen LogP) is 4.63. The van der Waals surface area contributed by atoms with Crippen molar-refractivity contribution in [3.63, 3.8) is 0 Å². The van der Waals surface area contributed by atoms with E-state index in [1.165, 1.54) is 36.4 Å². The molecule has 0 spiro atoms. The highest BCUT2D eigenvalue weighted by Crippen LogP contribution is 2.14. The number of rotatable bonds is 5. The zero-order valence-electron chi connectivity index (χ0n) is 13.5. The minimum Gasteiger partial charge on any atom is -0.423 e. The number of hydrogen-bond donors (Lipinski definition) is 1. The zero-order valence-corrected chi connectivity index (χ0v) is 13.5. The number of benzene rings is 3. The van der Waals surface area contributed by atoms with Crippen molar-refractivity contribution < 1.29 is 18.3 Å². The number of hydrazone groups is 1. The van der Waals surface area contributed by atoms with E-state index in [1.54, 1.807) is 42.6 Å². The molecule has 0 amide bonds. The molecule has 0 aliphatic carbocycles. The van der Waals surface area contributed by atoms with Crippen molar-refractivity contribution in [1.29, 1.82) is 0 Å². The molecular formula is C20H14F2N2O2. The van der Waals surface area contributed by atoms with Crippen LogP contribution in [0.1, 0.15) is 15.9 Å². The molecule has 130 valence electrons. The Morgan fingerprint density at radius 2 is 1.42 bits per heavy atom. The van der Waals surface area contributed by atoms with E-state index in [9.17, 15) is 13.6 Å². The van der Waals surface area contributed by atoms with Crippen LogP contribution in [-0.4, -0.2) is 12.2 Å². The molecule has 0 radical (unpaired) electrons. The minimum atomic E-state index is -0.565. The Hall–Kier alpha value is -3.54. The molecule has 26 heavy (non-hydrogen) atoms. The fourth-order valence-electron chi connectivity index (χ4n) is 2.08. The number of ether oxygens (including phenoxy) is 1. The van der Waals surface area contributed by atoms with E-state index in [4.69, 9.17) is 4.74 Å². The molecule has 0 unspecified atom stereocenters. The van der Waals surface area contributed by atoms with Crippen molar-refractivity contribution in [2.75, 3.05) is 5.43 Å². The van der Waals surface area contributed by atoms with Gasteiger partial charge in [0.15, 0.2) is 0 Å². The van der Waals surface area contributed by atoms with Gasteiger partial charge in [0, 0.05) is 0 Å². The van der Waals surface area contributed by atoms with Gasteiger partial charge in [0.1, 0.15) is 17.4 Å². The van der Waals surface area contributed by atoms with Crippen LogP contribution in [0.5, 0.6) is 5.75 Å². The van der Waals surface area contributed by atoms with Crippen LogP contribution in [0.3, 0.4) is 0 Å². The van der Waals surface area contributed by atoms with Crippen molar-refractivity contribution in [2.45, 2.75) is 0 Å². The van der Waals surface area contributed by atoms with Gasteiger partial charge >= 0.3 is 5.97 Å². The number of carbonyl (C=O) groups is 1. The second-order valence-electron chi connectivity index (χ2n) is 5.34. The van der Waals surface area contributed by atoms with Gasteiger partial charge in [-0.05, 0) is 78.4 Å². The molecule has 0 aliphatic heterocycles. The lowest BCUT2D eigenvalue weighted by atomic mass is 10.2. The Bertz CT molecular complexity index is 906. The van der Waals surface area contributed by atoms with Gasteiger partial charge in [0.05, 0.1) is 17.5 Å². The number of halogens is 2. The van der Waals surface area contributed by atoms with Crippen molar-refractivity contribution in [1.82, 2.24) is 0 Å². The Morgan fingerprint density at radius 1 is 0.846 bits per heavy atom. The van der Waals surface area contributed by atoms with Crippen LogP contribution in [0, 0.1) is 11.6 Å². The van der Waals surface area contributed by atoms with Crippen LogP contribution in [0.2, 0.25) is 0 Å². The molecule has 6 heteroatoms. The first kappa shape index (κ1) is 17.3. The van der Waals surface area contributed by atoms with Crippen LogP contribution >= 0.6 is 0 Å². The van der Waals surface area contributed by atoms with E-state index in [0.717, 1.165) is 5.56 Å². The number of carbonyl (C=O) groups excluding carboxylic acids is 1. The first-order chi connectivity index (χ1) is 12.6. The lowest BCUT2D eigenvalue weighted by molar-refractivity contribution is 0.0734. The molecule has 3 aromatic carbocycles. The standard InChI is InChI=1S/C20H14F2N2O2/c21-16-5-3-15(4-6-16)20(25)26-19-11-1-14(2-12-19)13-23-24-18-9-7-17(22)8-10-18/h1-13,24H/b23-13+. The summed E-state index contributed by atoms with van der Waals surface area (Å²) in [6.45, 7) is 0. The summed E-state index contributed by atoms with van der Waals surface area (Å²) < 4.78 is 30.9. The Balaban J connectivity index is 1.57. The van der Waals surface area contributed by atoms with Gasteiger partial charge in [-0.1, -0.05) is 0 Å². The van der Waals surface area contributed by atoms with Crippen LogP contribution in [0.25, 0.3) is 0 Å². The van der Waals surface area contributed by atoms with Crippen LogP contribution in [0.4, 0.5) is 14.5 Å². The van der Waals surface area contributed by atoms with Gasteiger partial charge < -0.3 is 4.74 Å². The highest BCUT2D eigenvalue weighted by Gasteiger charge is 2.08. The van der Waals surface area contributed by atoms with E-state index in [2.05, 4.69) is 10.5 Å². The van der Waals surface area contributed by atoms with E-state index in [-0.39, 0.29) is 11.4 Å². The molecule has 3 aromatic rings. The summed E-state index contributed by atoms with van der Waals surface area (Å²) in [5, 5.41) is 4.05. The summed E-state index contributed by atoms with van der Waals surface area (Å²) in [5.74, 6) is -0.933. The second-order valence-corrected chi connectivity index (χ2v) is 5.34. The summed E-state index contributed by atoms with van der Waals surface area (Å²) in [6, 6.07) is 17.6. The van der Waals surface area contributed by atoms with Crippen molar-refractivity contribution in [3.8, 4) is 5.75 Å². The average molecular weight is 352 g/mol. The Morgan fingerprint density at radius 3 is 2.04 bits per heavy atom. The van der Waals surface area contributed by atoms with Crippen LogP contribution in [-0.2, 0) is 0 Å². The van der Waals surface area contributed by atoms with Crippen molar-refractivity contribution >= 4 is 17.9 Å². The third-order valence-electron chi connectivity index (χ3n) is 3.42. The first-order valence-corrected chi connectivity index (χ1v) is 7.72. The third-order valence-corrected chi connectivity index (χ3v) is 3.42. The minimum absolute atomic E-state index is 0.264. The highest BCUT2D eigenvalue weighted by atomic mass is 19.1. The molecule has 0 saturated heterocycles. The molecule has 3 rings (SSSR count). The highest BCUT2D eigenvalue weighted by molar-refractivity contribution is 5.91. The SMILES string of the molecule is O=C(Oc1ccc(/C=N/Nc2ccc(F)cc2)cc1)c1ccc(F)cc1. The molecule has 0 atom stereocenters. The van der Waals surface area contributed by atoms with E-state index in [0.29, 0.717) is 11.4 Å². The monoisotopic (exact) mass is 352 g/mol. The summed E-state index contributed by atoms with van der Waals surface area (Å²) in [4.78, 5) is 12.0. The molecule has 0 bridgehead atoms. The number of hydrogen-bond acceptors (Lipinski definition) is 4. The molecular weight excluding hydrogens is 338 g/mol.